The molecule has 90 valence electrons. The summed E-state index contributed by atoms with van der Waals surface area (Å²) in [4.78, 5) is 0. The quantitative estimate of drug-likeness (QED) is 0.943. The van der Waals surface area contributed by atoms with Crippen LogP contribution in [0.2, 0.25) is 0 Å². The first-order chi connectivity index (χ1) is 8.20. The normalized spacial score (nSPS) is 10.8. The first-order valence-corrected chi connectivity index (χ1v) is 6.79. The first kappa shape index (κ1) is 12.6. The van der Waals surface area contributed by atoms with E-state index in [0.717, 1.165) is 32.9 Å². The number of aromatic nitrogens is 2. The number of hydrogen-bond acceptors (Lipinski definition) is 4. The highest BCUT2D eigenvalue weighted by Crippen LogP contribution is 2.31. The molecule has 0 aliphatic heterocycles. The molecule has 0 saturated heterocycles. The van der Waals surface area contributed by atoms with Crippen molar-refractivity contribution in [3.63, 3.8) is 0 Å². The Morgan fingerprint density at radius 1 is 1.35 bits per heavy atom. The summed E-state index contributed by atoms with van der Waals surface area (Å²) in [6, 6.07) is 4.53. The largest absolute Gasteiger partial charge is 0.330 e. The molecular weight excluding hydrogens is 305 g/mol. The standard InChI is InChI=1S/C11H11BrFN3S/c12-9-4-3-7(13)6-8(9)11-16-15-10(17-11)2-1-5-14/h3-4,6H,1-2,5,14H2. The van der Waals surface area contributed by atoms with Crippen molar-refractivity contribution in [3.05, 3.63) is 33.5 Å². The van der Waals surface area contributed by atoms with Gasteiger partial charge in [-0.1, -0.05) is 27.3 Å². The van der Waals surface area contributed by atoms with Gasteiger partial charge in [0.05, 0.1) is 0 Å². The third-order valence-corrected chi connectivity index (χ3v) is 3.93. The molecule has 2 aromatic rings. The van der Waals surface area contributed by atoms with Crippen LogP contribution in [0.25, 0.3) is 10.6 Å². The van der Waals surface area contributed by atoms with Crippen molar-refractivity contribution in [1.82, 2.24) is 10.2 Å². The summed E-state index contributed by atoms with van der Waals surface area (Å²) in [5.41, 5.74) is 6.18. The minimum atomic E-state index is -0.276. The van der Waals surface area contributed by atoms with Gasteiger partial charge in [-0.3, -0.25) is 0 Å². The maximum atomic E-state index is 13.2. The summed E-state index contributed by atoms with van der Waals surface area (Å²) in [5.74, 6) is -0.276. The lowest BCUT2D eigenvalue weighted by molar-refractivity contribution is 0.628. The highest BCUT2D eigenvalue weighted by molar-refractivity contribution is 9.10. The smallest absolute Gasteiger partial charge is 0.149 e. The van der Waals surface area contributed by atoms with E-state index in [0.29, 0.717) is 6.54 Å². The number of hydrogen-bond donors (Lipinski definition) is 1. The Balaban J connectivity index is 2.27. The fraction of sp³-hybridized carbons (Fsp3) is 0.273. The average Bonchev–Trinajstić information content (AvgIpc) is 2.78. The minimum Gasteiger partial charge on any atom is -0.330 e. The van der Waals surface area contributed by atoms with E-state index in [1.807, 2.05) is 0 Å². The molecule has 0 amide bonds. The lowest BCUT2D eigenvalue weighted by Gasteiger charge is -1.99. The molecular formula is C11H11BrFN3S. The zero-order valence-electron chi connectivity index (χ0n) is 8.99. The van der Waals surface area contributed by atoms with Gasteiger partial charge in [0, 0.05) is 16.5 Å². The van der Waals surface area contributed by atoms with E-state index in [9.17, 15) is 4.39 Å². The predicted molar refractivity (Wildman–Crippen MR) is 70.4 cm³/mol. The zero-order chi connectivity index (χ0) is 12.3. The Hall–Kier alpha value is -0.850. The molecule has 0 aliphatic carbocycles. The van der Waals surface area contributed by atoms with E-state index in [1.165, 1.54) is 23.5 Å². The van der Waals surface area contributed by atoms with Crippen molar-refractivity contribution in [2.45, 2.75) is 12.8 Å². The minimum absolute atomic E-state index is 0.276. The van der Waals surface area contributed by atoms with E-state index in [-0.39, 0.29) is 5.82 Å². The number of rotatable bonds is 4. The van der Waals surface area contributed by atoms with Crippen molar-refractivity contribution < 1.29 is 4.39 Å². The molecule has 0 atom stereocenters. The molecule has 3 nitrogen and oxygen atoms in total. The van der Waals surface area contributed by atoms with E-state index < -0.39 is 0 Å². The molecule has 0 unspecified atom stereocenters. The molecule has 1 aromatic heterocycles. The van der Waals surface area contributed by atoms with Gasteiger partial charge in [-0.05, 0) is 31.2 Å². The Morgan fingerprint density at radius 2 is 2.18 bits per heavy atom. The molecule has 1 aromatic carbocycles. The fourth-order valence-corrected chi connectivity index (χ4v) is 2.86. The Labute approximate surface area is 111 Å². The van der Waals surface area contributed by atoms with Crippen molar-refractivity contribution >= 4 is 27.3 Å². The molecule has 0 aliphatic rings. The second-order valence-corrected chi connectivity index (χ2v) is 5.43. The van der Waals surface area contributed by atoms with E-state index in [1.54, 1.807) is 6.07 Å². The summed E-state index contributed by atoms with van der Waals surface area (Å²) < 4.78 is 14.0. The van der Waals surface area contributed by atoms with Gasteiger partial charge in [0.2, 0.25) is 0 Å². The van der Waals surface area contributed by atoms with Crippen LogP contribution in [-0.4, -0.2) is 16.7 Å². The lowest BCUT2D eigenvalue weighted by Crippen LogP contribution is -1.99. The molecule has 0 radical (unpaired) electrons. The van der Waals surface area contributed by atoms with Crippen LogP contribution >= 0.6 is 27.3 Å². The van der Waals surface area contributed by atoms with E-state index >= 15 is 0 Å². The molecule has 1 heterocycles. The van der Waals surface area contributed by atoms with Crippen molar-refractivity contribution in [3.8, 4) is 10.6 Å². The average molecular weight is 316 g/mol. The first-order valence-electron chi connectivity index (χ1n) is 5.18. The maximum Gasteiger partial charge on any atom is 0.149 e. The topological polar surface area (TPSA) is 51.8 Å². The van der Waals surface area contributed by atoms with Crippen molar-refractivity contribution in [2.24, 2.45) is 5.73 Å². The van der Waals surface area contributed by atoms with Crippen LogP contribution in [-0.2, 0) is 6.42 Å². The number of nitrogens with zero attached hydrogens (tertiary/aromatic N) is 2. The van der Waals surface area contributed by atoms with Gasteiger partial charge in [0.15, 0.2) is 0 Å². The summed E-state index contributed by atoms with van der Waals surface area (Å²) in [6.45, 7) is 0.637. The highest BCUT2D eigenvalue weighted by atomic mass is 79.9. The zero-order valence-corrected chi connectivity index (χ0v) is 11.4. The molecule has 0 bridgehead atoms. The van der Waals surface area contributed by atoms with Crippen molar-refractivity contribution in [2.75, 3.05) is 6.54 Å². The van der Waals surface area contributed by atoms with Gasteiger partial charge in [0.25, 0.3) is 0 Å². The van der Waals surface area contributed by atoms with Gasteiger partial charge < -0.3 is 5.73 Å². The molecule has 0 fully saturated rings. The van der Waals surface area contributed by atoms with E-state index in [2.05, 4.69) is 26.1 Å². The number of nitrogens with two attached hydrogens (primary N) is 1. The SMILES string of the molecule is NCCCc1nnc(-c2cc(F)ccc2Br)s1. The lowest BCUT2D eigenvalue weighted by atomic mass is 10.2. The maximum absolute atomic E-state index is 13.2. The Kier molecular flexibility index (Phi) is 4.20. The highest BCUT2D eigenvalue weighted by Gasteiger charge is 2.10. The van der Waals surface area contributed by atoms with Gasteiger partial charge in [-0.2, -0.15) is 0 Å². The van der Waals surface area contributed by atoms with Crippen LogP contribution in [0.15, 0.2) is 22.7 Å². The summed E-state index contributed by atoms with van der Waals surface area (Å²) in [5, 5.41) is 9.80. The monoisotopic (exact) mass is 315 g/mol. The summed E-state index contributed by atoms with van der Waals surface area (Å²) in [6.07, 6.45) is 1.71. The molecule has 2 rings (SSSR count). The van der Waals surface area contributed by atoms with Crippen LogP contribution in [0, 0.1) is 5.82 Å². The second-order valence-electron chi connectivity index (χ2n) is 3.52. The molecule has 0 saturated carbocycles. The summed E-state index contributed by atoms with van der Waals surface area (Å²) >= 11 is 4.86. The van der Waals surface area contributed by atoms with Gasteiger partial charge in [-0.25, -0.2) is 4.39 Å². The number of aryl methyl sites for hydroxylation is 1. The molecule has 6 heteroatoms. The van der Waals surface area contributed by atoms with Crippen LogP contribution in [0.1, 0.15) is 11.4 Å². The number of benzene rings is 1. The molecule has 0 spiro atoms. The predicted octanol–water partition coefficient (Wildman–Crippen LogP) is 3.00. The Bertz CT molecular complexity index is 515. The van der Waals surface area contributed by atoms with Gasteiger partial charge >= 0.3 is 0 Å². The van der Waals surface area contributed by atoms with Crippen LogP contribution in [0.5, 0.6) is 0 Å². The van der Waals surface area contributed by atoms with Gasteiger partial charge in [0.1, 0.15) is 15.8 Å². The molecule has 2 N–H and O–H groups in total. The number of halogens is 2. The Morgan fingerprint density at radius 3 is 2.94 bits per heavy atom. The van der Waals surface area contributed by atoms with Crippen LogP contribution in [0.3, 0.4) is 0 Å². The van der Waals surface area contributed by atoms with Crippen molar-refractivity contribution in [1.29, 1.82) is 0 Å². The van der Waals surface area contributed by atoms with Crippen LogP contribution in [0.4, 0.5) is 4.39 Å². The second kappa shape index (κ2) is 5.66. The van der Waals surface area contributed by atoms with Crippen LogP contribution < -0.4 is 5.73 Å². The third kappa shape index (κ3) is 3.08. The van der Waals surface area contributed by atoms with E-state index in [4.69, 9.17) is 5.73 Å². The third-order valence-electron chi connectivity index (χ3n) is 2.22. The fourth-order valence-electron chi connectivity index (χ4n) is 1.38. The van der Waals surface area contributed by atoms with Gasteiger partial charge in [-0.15, -0.1) is 10.2 Å². The molecule has 17 heavy (non-hydrogen) atoms. The summed E-state index contributed by atoms with van der Waals surface area (Å²) in [7, 11) is 0.